The van der Waals surface area contributed by atoms with Crippen molar-refractivity contribution in [2.24, 2.45) is 0 Å². The van der Waals surface area contributed by atoms with Crippen LogP contribution >= 0.6 is 0 Å². The molecule has 0 aromatic heterocycles. The number of nitrogens with one attached hydrogen (secondary N) is 3. The third kappa shape index (κ3) is 6.64. The Kier molecular flexibility index (Phi) is 6.59. The molecule has 0 heterocycles. The third-order valence-corrected chi connectivity index (χ3v) is 3.41. The van der Waals surface area contributed by atoms with Gasteiger partial charge in [0, 0.05) is 11.3 Å². The van der Waals surface area contributed by atoms with E-state index in [0.29, 0.717) is 22.6 Å². The summed E-state index contributed by atoms with van der Waals surface area (Å²) in [4.78, 5) is 36.1. The highest BCUT2D eigenvalue weighted by Gasteiger charge is 2.17. The molecule has 0 aliphatic carbocycles. The summed E-state index contributed by atoms with van der Waals surface area (Å²) in [5.74, 6) is -0.798. The van der Waals surface area contributed by atoms with Crippen molar-refractivity contribution in [3.05, 3.63) is 54.1 Å². The predicted octanol–water partition coefficient (Wildman–Crippen LogP) is 2.98. The van der Waals surface area contributed by atoms with Crippen LogP contribution in [0.2, 0.25) is 0 Å². The van der Waals surface area contributed by atoms with Crippen molar-refractivity contribution in [1.82, 2.24) is 5.32 Å². The molecule has 0 bridgehead atoms. The third-order valence-electron chi connectivity index (χ3n) is 3.41. The second kappa shape index (κ2) is 8.90. The van der Waals surface area contributed by atoms with Crippen molar-refractivity contribution >= 4 is 35.0 Å². The Labute approximate surface area is 163 Å². The van der Waals surface area contributed by atoms with Crippen molar-refractivity contribution < 1.29 is 19.1 Å². The minimum atomic E-state index is -0.687. The largest absolute Gasteiger partial charge is 0.444 e. The van der Waals surface area contributed by atoms with E-state index in [1.807, 2.05) is 0 Å². The van der Waals surface area contributed by atoms with Crippen molar-refractivity contribution in [2.45, 2.75) is 26.4 Å². The Balaban J connectivity index is 1.97. The molecule has 3 amide bonds. The fourth-order valence-corrected chi connectivity index (χ4v) is 2.19. The zero-order valence-electron chi connectivity index (χ0n) is 16.0. The predicted molar refractivity (Wildman–Crippen MR) is 108 cm³/mol. The number of hydrogen-bond donors (Lipinski definition) is 4. The van der Waals surface area contributed by atoms with Crippen LogP contribution in [0.15, 0.2) is 48.5 Å². The van der Waals surface area contributed by atoms with Gasteiger partial charge < -0.3 is 26.4 Å². The fraction of sp³-hybridized carbons (Fsp3) is 0.250. The number of hydrogen-bond acceptors (Lipinski definition) is 5. The van der Waals surface area contributed by atoms with Crippen LogP contribution in [0.1, 0.15) is 31.1 Å². The standard InChI is InChI=1S/C20H24N4O4/c1-20(2,3)28-19(27)22-12-17(25)23-15-6-4-5-7-16(15)24-18(26)13-8-10-14(21)11-9-13/h4-11H,12,21H2,1-3H3,(H,22,27)(H,23,25)(H,24,26). The number of alkyl carbamates (subject to hydrolysis) is 1. The first-order valence-corrected chi connectivity index (χ1v) is 8.67. The molecule has 0 atom stereocenters. The molecule has 0 saturated heterocycles. The molecule has 8 nitrogen and oxygen atoms in total. The maximum Gasteiger partial charge on any atom is 0.408 e. The molecular weight excluding hydrogens is 360 g/mol. The number of amides is 3. The number of nitrogen functional groups attached to an aromatic ring is 1. The number of carbonyl (C=O) groups excluding carboxylic acids is 3. The average Bonchev–Trinajstić information content (AvgIpc) is 2.61. The van der Waals surface area contributed by atoms with Gasteiger partial charge in [-0.15, -0.1) is 0 Å². The lowest BCUT2D eigenvalue weighted by atomic mass is 10.2. The van der Waals surface area contributed by atoms with Gasteiger partial charge in [-0.1, -0.05) is 12.1 Å². The molecule has 8 heteroatoms. The summed E-state index contributed by atoms with van der Waals surface area (Å²) in [5, 5.41) is 7.77. The number of para-hydroxylation sites is 2. The van der Waals surface area contributed by atoms with Gasteiger partial charge in [-0.3, -0.25) is 9.59 Å². The molecule has 2 aromatic rings. The van der Waals surface area contributed by atoms with Crippen molar-refractivity contribution in [1.29, 1.82) is 0 Å². The molecule has 2 aromatic carbocycles. The maximum absolute atomic E-state index is 12.4. The first kappa shape index (κ1) is 20.8. The van der Waals surface area contributed by atoms with Gasteiger partial charge in [0.2, 0.25) is 5.91 Å². The van der Waals surface area contributed by atoms with Gasteiger partial charge >= 0.3 is 6.09 Å². The molecule has 148 valence electrons. The van der Waals surface area contributed by atoms with E-state index in [-0.39, 0.29) is 12.5 Å². The summed E-state index contributed by atoms with van der Waals surface area (Å²) in [6.07, 6.45) is -0.687. The monoisotopic (exact) mass is 384 g/mol. The van der Waals surface area contributed by atoms with Crippen molar-refractivity contribution in [3.8, 4) is 0 Å². The van der Waals surface area contributed by atoms with E-state index >= 15 is 0 Å². The quantitative estimate of drug-likeness (QED) is 0.590. The highest BCUT2D eigenvalue weighted by atomic mass is 16.6. The number of nitrogens with two attached hydrogens (primary N) is 1. The summed E-state index contributed by atoms with van der Waals surface area (Å²) < 4.78 is 5.08. The second-order valence-electron chi connectivity index (χ2n) is 7.03. The summed E-state index contributed by atoms with van der Waals surface area (Å²) in [7, 11) is 0. The van der Waals surface area contributed by atoms with E-state index < -0.39 is 17.6 Å². The lowest BCUT2D eigenvalue weighted by Crippen LogP contribution is -2.37. The minimum Gasteiger partial charge on any atom is -0.444 e. The highest BCUT2D eigenvalue weighted by Crippen LogP contribution is 2.22. The Morgan fingerprint density at radius 1 is 0.929 bits per heavy atom. The molecule has 28 heavy (non-hydrogen) atoms. The van der Waals surface area contributed by atoms with Gasteiger partial charge in [-0.2, -0.15) is 0 Å². The van der Waals surface area contributed by atoms with Gasteiger partial charge in [-0.25, -0.2) is 4.79 Å². The second-order valence-corrected chi connectivity index (χ2v) is 7.03. The Morgan fingerprint density at radius 2 is 1.50 bits per heavy atom. The van der Waals surface area contributed by atoms with Crippen molar-refractivity contribution in [3.63, 3.8) is 0 Å². The van der Waals surface area contributed by atoms with E-state index in [0.717, 1.165) is 0 Å². The number of carbonyl (C=O) groups is 3. The van der Waals surface area contributed by atoms with E-state index in [9.17, 15) is 14.4 Å². The summed E-state index contributed by atoms with van der Waals surface area (Å²) in [6.45, 7) is 4.92. The summed E-state index contributed by atoms with van der Waals surface area (Å²) >= 11 is 0. The van der Waals surface area contributed by atoms with Crippen LogP contribution in [0.4, 0.5) is 21.9 Å². The molecule has 0 fully saturated rings. The molecule has 2 rings (SSSR count). The highest BCUT2D eigenvalue weighted by molar-refractivity contribution is 6.07. The zero-order chi connectivity index (χ0) is 20.7. The van der Waals surface area contributed by atoms with Crippen molar-refractivity contribution in [2.75, 3.05) is 22.9 Å². The number of anilines is 3. The van der Waals surface area contributed by atoms with Crippen LogP contribution in [-0.2, 0) is 9.53 Å². The molecule has 0 saturated carbocycles. The number of benzene rings is 2. The smallest absolute Gasteiger partial charge is 0.408 e. The van der Waals surface area contributed by atoms with Crippen LogP contribution in [-0.4, -0.2) is 30.1 Å². The number of rotatable bonds is 5. The van der Waals surface area contributed by atoms with E-state index in [4.69, 9.17) is 10.5 Å². The molecule has 0 spiro atoms. The summed E-state index contributed by atoms with van der Waals surface area (Å²) in [6, 6.07) is 13.2. The molecular formula is C20H24N4O4. The Hall–Kier alpha value is -3.55. The Morgan fingerprint density at radius 3 is 2.07 bits per heavy atom. The summed E-state index contributed by atoms with van der Waals surface area (Å²) in [5.41, 5.74) is 6.79. The minimum absolute atomic E-state index is 0.269. The number of ether oxygens (including phenoxy) is 1. The Bertz CT molecular complexity index is 857. The van der Waals surface area contributed by atoms with Gasteiger partial charge in [0.1, 0.15) is 12.1 Å². The van der Waals surface area contributed by atoms with Gasteiger partial charge in [0.25, 0.3) is 5.91 Å². The van der Waals surface area contributed by atoms with Crippen LogP contribution < -0.4 is 21.7 Å². The lowest BCUT2D eigenvalue weighted by molar-refractivity contribution is -0.115. The SMILES string of the molecule is CC(C)(C)OC(=O)NCC(=O)Nc1ccccc1NC(=O)c1ccc(N)cc1. The fourth-order valence-electron chi connectivity index (χ4n) is 2.19. The maximum atomic E-state index is 12.4. The van der Waals surface area contributed by atoms with Gasteiger partial charge in [0.15, 0.2) is 0 Å². The van der Waals surface area contributed by atoms with E-state index in [1.165, 1.54) is 0 Å². The first-order chi connectivity index (χ1) is 13.1. The van der Waals surface area contributed by atoms with Gasteiger partial charge in [-0.05, 0) is 57.2 Å². The van der Waals surface area contributed by atoms with Crippen LogP contribution in [0.25, 0.3) is 0 Å². The van der Waals surface area contributed by atoms with Crippen LogP contribution in [0.5, 0.6) is 0 Å². The zero-order valence-corrected chi connectivity index (χ0v) is 16.0. The molecule has 0 aliphatic heterocycles. The molecule has 5 N–H and O–H groups in total. The van der Waals surface area contributed by atoms with Crippen LogP contribution in [0, 0.1) is 0 Å². The first-order valence-electron chi connectivity index (χ1n) is 8.67. The van der Waals surface area contributed by atoms with Gasteiger partial charge in [0.05, 0.1) is 11.4 Å². The lowest BCUT2D eigenvalue weighted by Gasteiger charge is -2.19. The van der Waals surface area contributed by atoms with E-state index in [2.05, 4.69) is 16.0 Å². The normalized spacial score (nSPS) is 10.7. The topological polar surface area (TPSA) is 123 Å². The van der Waals surface area contributed by atoms with Crippen LogP contribution in [0.3, 0.4) is 0 Å². The molecule has 0 aliphatic rings. The molecule has 0 radical (unpaired) electrons. The average molecular weight is 384 g/mol. The molecule has 0 unspecified atom stereocenters. The van der Waals surface area contributed by atoms with E-state index in [1.54, 1.807) is 69.3 Å².